The van der Waals surface area contributed by atoms with Gasteiger partial charge in [0.1, 0.15) is 0 Å². The third-order valence-corrected chi connectivity index (χ3v) is 2.91. The van der Waals surface area contributed by atoms with Gasteiger partial charge in [0.15, 0.2) is 0 Å². The molecule has 15 heavy (non-hydrogen) atoms. The maximum atomic E-state index is 11.1. The fraction of sp³-hybridized carbons (Fsp3) is 0.417. The fourth-order valence-corrected chi connectivity index (χ4v) is 2.03. The average molecular weight is 205 g/mol. The highest BCUT2D eigenvalue weighted by Crippen LogP contribution is 2.29. The minimum Gasteiger partial charge on any atom is -0.469 e. The number of nitrogens with two attached hydrogens (primary N) is 1. The summed E-state index contributed by atoms with van der Waals surface area (Å²) in [6.45, 7) is 0. The topological polar surface area (TPSA) is 52.3 Å². The van der Waals surface area contributed by atoms with Crippen molar-refractivity contribution in [2.24, 2.45) is 5.73 Å². The van der Waals surface area contributed by atoms with Crippen LogP contribution in [0.5, 0.6) is 0 Å². The molecule has 3 nitrogen and oxygen atoms in total. The lowest BCUT2D eigenvalue weighted by Gasteiger charge is -2.07. The number of hydrogen-bond acceptors (Lipinski definition) is 3. The zero-order valence-electron chi connectivity index (χ0n) is 8.82. The summed E-state index contributed by atoms with van der Waals surface area (Å²) >= 11 is 0. The van der Waals surface area contributed by atoms with Crippen LogP contribution >= 0.6 is 0 Å². The smallest absolute Gasteiger partial charge is 0.309 e. The van der Waals surface area contributed by atoms with Crippen LogP contribution in [0.2, 0.25) is 0 Å². The Bertz CT molecular complexity index is 387. The van der Waals surface area contributed by atoms with Crippen molar-refractivity contribution in [1.29, 1.82) is 0 Å². The number of esters is 1. The van der Waals surface area contributed by atoms with Crippen LogP contribution in [-0.2, 0) is 22.4 Å². The molecule has 0 aliphatic heterocycles. The predicted molar refractivity (Wildman–Crippen MR) is 57.4 cm³/mol. The van der Waals surface area contributed by atoms with E-state index in [4.69, 9.17) is 5.73 Å². The molecule has 0 saturated heterocycles. The van der Waals surface area contributed by atoms with Gasteiger partial charge in [-0.15, -0.1) is 0 Å². The second kappa shape index (κ2) is 4.03. The summed E-state index contributed by atoms with van der Waals surface area (Å²) in [5.74, 6) is -0.207. The van der Waals surface area contributed by atoms with Gasteiger partial charge in [0.05, 0.1) is 13.5 Å². The van der Waals surface area contributed by atoms with Crippen molar-refractivity contribution in [3.8, 4) is 0 Å². The molecule has 1 unspecified atom stereocenters. The van der Waals surface area contributed by atoms with E-state index in [1.54, 1.807) is 0 Å². The summed E-state index contributed by atoms with van der Waals surface area (Å²) in [7, 11) is 1.40. The van der Waals surface area contributed by atoms with Gasteiger partial charge in [-0.3, -0.25) is 4.79 Å². The Morgan fingerprint density at radius 2 is 2.40 bits per heavy atom. The number of methoxy groups -OCH3 is 1. The van der Waals surface area contributed by atoms with E-state index in [1.807, 2.05) is 12.1 Å². The van der Waals surface area contributed by atoms with Crippen molar-refractivity contribution in [1.82, 2.24) is 0 Å². The number of hydrogen-bond donors (Lipinski definition) is 1. The standard InChI is InChI=1S/C12H15NO2/c1-15-12(14)7-8-2-3-9-4-5-11(13)10(9)6-8/h2-3,6,11H,4-5,7,13H2,1H3. The minimum absolute atomic E-state index is 0.137. The Hall–Kier alpha value is -1.35. The molecule has 1 aliphatic rings. The Morgan fingerprint density at radius 1 is 1.60 bits per heavy atom. The summed E-state index contributed by atoms with van der Waals surface area (Å²) < 4.78 is 4.63. The average Bonchev–Trinajstić information content (AvgIpc) is 2.60. The van der Waals surface area contributed by atoms with Crippen LogP contribution in [0.15, 0.2) is 18.2 Å². The fourth-order valence-electron chi connectivity index (χ4n) is 2.03. The Morgan fingerprint density at radius 3 is 3.13 bits per heavy atom. The van der Waals surface area contributed by atoms with E-state index in [0.29, 0.717) is 6.42 Å². The molecule has 0 spiro atoms. The Labute approximate surface area is 89.2 Å². The van der Waals surface area contributed by atoms with Crippen molar-refractivity contribution >= 4 is 5.97 Å². The summed E-state index contributed by atoms with van der Waals surface area (Å²) in [6.07, 6.45) is 2.39. The van der Waals surface area contributed by atoms with Crippen molar-refractivity contribution in [3.63, 3.8) is 0 Å². The molecular weight excluding hydrogens is 190 g/mol. The highest BCUT2D eigenvalue weighted by atomic mass is 16.5. The van der Waals surface area contributed by atoms with Crippen LogP contribution in [-0.4, -0.2) is 13.1 Å². The first-order valence-electron chi connectivity index (χ1n) is 5.15. The van der Waals surface area contributed by atoms with Crippen molar-refractivity contribution in [2.45, 2.75) is 25.3 Å². The van der Waals surface area contributed by atoms with Gasteiger partial charge >= 0.3 is 5.97 Å². The first-order valence-corrected chi connectivity index (χ1v) is 5.15. The van der Waals surface area contributed by atoms with Crippen LogP contribution in [0.1, 0.15) is 29.2 Å². The lowest BCUT2D eigenvalue weighted by molar-refractivity contribution is -0.139. The SMILES string of the molecule is COC(=O)Cc1ccc2c(c1)C(N)CC2. The van der Waals surface area contributed by atoms with E-state index in [9.17, 15) is 4.79 Å². The highest BCUT2D eigenvalue weighted by Gasteiger charge is 2.19. The van der Waals surface area contributed by atoms with E-state index in [2.05, 4.69) is 10.8 Å². The van der Waals surface area contributed by atoms with Crippen LogP contribution in [0, 0.1) is 0 Å². The molecule has 1 aromatic carbocycles. The molecule has 0 bridgehead atoms. The van der Waals surface area contributed by atoms with E-state index < -0.39 is 0 Å². The quantitative estimate of drug-likeness (QED) is 0.741. The number of benzene rings is 1. The summed E-state index contributed by atoms with van der Waals surface area (Å²) in [5.41, 5.74) is 9.45. The normalized spacial score (nSPS) is 18.7. The Balaban J connectivity index is 2.21. The molecule has 1 atom stereocenters. The first-order chi connectivity index (χ1) is 7.20. The molecule has 3 heteroatoms. The van der Waals surface area contributed by atoms with E-state index in [0.717, 1.165) is 18.4 Å². The molecule has 0 radical (unpaired) electrons. The molecule has 1 aromatic rings. The number of aryl methyl sites for hydroxylation is 1. The number of ether oxygens (including phenoxy) is 1. The maximum absolute atomic E-state index is 11.1. The molecule has 2 rings (SSSR count). The van der Waals surface area contributed by atoms with Gasteiger partial charge < -0.3 is 10.5 Å². The van der Waals surface area contributed by atoms with Gasteiger partial charge in [0.25, 0.3) is 0 Å². The number of carbonyl (C=O) groups excluding carboxylic acids is 1. The number of rotatable bonds is 2. The number of carbonyl (C=O) groups is 1. The number of fused-ring (bicyclic) bond motifs is 1. The lowest BCUT2D eigenvalue weighted by atomic mass is 10.0. The van der Waals surface area contributed by atoms with Crippen molar-refractivity contribution in [3.05, 3.63) is 34.9 Å². The predicted octanol–water partition coefficient (Wildman–Crippen LogP) is 1.35. The third-order valence-electron chi connectivity index (χ3n) is 2.91. The Kier molecular flexibility index (Phi) is 2.73. The van der Waals surface area contributed by atoms with Crippen LogP contribution < -0.4 is 5.73 Å². The zero-order valence-corrected chi connectivity index (χ0v) is 8.82. The molecule has 0 saturated carbocycles. The summed E-state index contributed by atoms with van der Waals surface area (Å²) in [6, 6.07) is 6.22. The van der Waals surface area contributed by atoms with Crippen LogP contribution in [0.3, 0.4) is 0 Å². The van der Waals surface area contributed by atoms with Crippen molar-refractivity contribution in [2.75, 3.05) is 7.11 Å². The van der Waals surface area contributed by atoms with E-state index in [-0.39, 0.29) is 12.0 Å². The van der Waals surface area contributed by atoms with Gasteiger partial charge in [-0.05, 0) is 29.5 Å². The molecule has 0 aromatic heterocycles. The molecule has 0 heterocycles. The summed E-state index contributed by atoms with van der Waals surface area (Å²) in [5, 5.41) is 0. The van der Waals surface area contributed by atoms with Crippen LogP contribution in [0.25, 0.3) is 0 Å². The van der Waals surface area contributed by atoms with E-state index in [1.165, 1.54) is 18.2 Å². The lowest BCUT2D eigenvalue weighted by Crippen LogP contribution is -2.08. The van der Waals surface area contributed by atoms with Gasteiger partial charge in [0.2, 0.25) is 0 Å². The largest absolute Gasteiger partial charge is 0.469 e. The molecule has 0 amide bonds. The maximum Gasteiger partial charge on any atom is 0.309 e. The zero-order chi connectivity index (χ0) is 10.8. The third kappa shape index (κ3) is 2.02. The minimum atomic E-state index is -0.207. The molecule has 0 fully saturated rings. The van der Waals surface area contributed by atoms with Crippen LogP contribution in [0.4, 0.5) is 0 Å². The van der Waals surface area contributed by atoms with Gasteiger partial charge in [-0.25, -0.2) is 0 Å². The van der Waals surface area contributed by atoms with E-state index >= 15 is 0 Å². The highest BCUT2D eigenvalue weighted by molar-refractivity contribution is 5.72. The molecular formula is C12H15NO2. The molecule has 1 aliphatic carbocycles. The molecule has 2 N–H and O–H groups in total. The van der Waals surface area contributed by atoms with Gasteiger partial charge in [0, 0.05) is 6.04 Å². The van der Waals surface area contributed by atoms with Gasteiger partial charge in [-0.1, -0.05) is 18.2 Å². The monoisotopic (exact) mass is 205 g/mol. The second-order valence-corrected chi connectivity index (χ2v) is 3.93. The van der Waals surface area contributed by atoms with Gasteiger partial charge in [-0.2, -0.15) is 0 Å². The molecule has 80 valence electrons. The summed E-state index contributed by atoms with van der Waals surface area (Å²) in [4.78, 5) is 11.1. The van der Waals surface area contributed by atoms with Crippen molar-refractivity contribution < 1.29 is 9.53 Å². The first kappa shape index (κ1) is 10.2. The second-order valence-electron chi connectivity index (χ2n) is 3.93.